The molecule has 32 heavy (non-hydrogen) atoms. The van der Waals surface area contributed by atoms with Gasteiger partial charge in [-0.25, -0.2) is 8.42 Å². The Morgan fingerprint density at radius 3 is 2.47 bits per heavy atom. The second kappa shape index (κ2) is 8.45. The molecule has 0 aromatic heterocycles. The highest BCUT2D eigenvalue weighted by Crippen LogP contribution is 2.35. The maximum Gasteiger partial charge on any atom is 0.418 e. The lowest BCUT2D eigenvalue weighted by Crippen LogP contribution is -2.35. The van der Waals surface area contributed by atoms with Crippen LogP contribution in [0.5, 0.6) is 0 Å². The average molecular weight is 469 g/mol. The van der Waals surface area contributed by atoms with Crippen molar-refractivity contribution < 1.29 is 31.2 Å². The predicted molar refractivity (Wildman–Crippen MR) is 114 cm³/mol. The number of nitrogens with one attached hydrogen (secondary N) is 1. The average Bonchev–Trinajstić information content (AvgIpc) is 3.01. The van der Waals surface area contributed by atoms with E-state index < -0.39 is 45.8 Å². The van der Waals surface area contributed by atoms with Gasteiger partial charge in [-0.15, -0.1) is 0 Å². The van der Waals surface area contributed by atoms with Gasteiger partial charge < -0.3 is 10.2 Å². The summed E-state index contributed by atoms with van der Waals surface area (Å²) in [4.78, 5) is 26.1. The molecule has 3 rings (SSSR count). The molecule has 11 heteroatoms. The second-order valence-electron chi connectivity index (χ2n) is 7.71. The van der Waals surface area contributed by atoms with Crippen LogP contribution in [0, 0.1) is 0 Å². The normalized spacial score (nSPS) is 15.9. The third kappa shape index (κ3) is 4.87. The van der Waals surface area contributed by atoms with Crippen LogP contribution in [0.25, 0.3) is 0 Å². The third-order valence-electron chi connectivity index (χ3n) is 5.07. The first kappa shape index (κ1) is 23.6. The van der Waals surface area contributed by atoms with E-state index in [1.54, 1.807) is 19.1 Å². The van der Waals surface area contributed by atoms with Crippen molar-refractivity contribution in [2.45, 2.75) is 25.6 Å². The van der Waals surface area contributed by atoms with Crippen LogP contribution in [0.4, 0.5) is 24.5 Å². The van der Waals surface area contributed by atoms with Crippen molar-refractivity contribution in [1.82, 2.24) is 4.90 Å². The molecule has 0 saturated carbocycles. The molecule has 2 aromatic carbocycles. The highest BCUT2D eigenvalue weighted by atomic mass is 32.2. The number of amides is 2. The Morgan fingerprint density at radius 2 is 1.84 bits per heavy atom. The lowest BCUT2D eigenvalue weighted by molar-refractivity contribution is -0.137. The van der Waals surface area contributed by atoms with Gasteiger partial charge in [-0.3, -0.25) is 13.9 Å². The number of benzene rings is 2. The van der Waals surface area contributed by atoms with Crippen LogP contribution >= 0.6 is 0 Å². The number of anilines is 2. The van der Waals surface area contributed by atoms with Crippen LogP contribution in [0.1, 0.15) is 28.4 Å². The Hall–Kier alpha value is -3.08. The molecular weight excluding hydrogens is 447 g/mol. The Morgan fingerprint density at radius 1 is 1.19 bits per heavy atom. The highest BCUT2D eigenvalue weighted by molar-refractivity contribution is 7.92. The lowest BCUT2D eigenvalue weighted by Gasteiger charge is -2.22. The van der Waals surface area contributed by atoms with Crippen molar-refractivity contribution in [2.24, 2.45) is 0 Å². The minimum absolute atomic E-state index is 0.247. The standard InChI is InChI=1S/C21H22F3N3O4S/c1-13-10-15-11-14(8-9-18(15)27(13)32(3,30)31)20(29)26(2)12-19(28)25-17-7-5-4-6-16(17)21(22,23)24/h4-9,11,13H,10,12H2,1-3H3,(H,25,28)/t13-/m0/s1. The van der Waals surface area contributed by atoms with Crippen molar-refractivity contribution in [3.05, 3.63) is 59.2 Å². The van der Waals surface area contributed by atoms with Gasteiger partial charge in [0, 0.05) is 18.7 Å². The first-order valence-corrected chi connectivity index (χ1v) is 11.5. The van der Waals surface area contributed by atoms with E-state index in [0.717, 1.165) is 23.3 Å². The molecule has 0 aliphatic carbocycles. The number of likely N-dealkylation sites (N-methyl/N-ethyl adjacent to an activating group) is 1. The van der Waals surface area contributed by atoms with Crippen molar-refractivity contribution in [1.29, 1.82) is 0 Å². The lowest BCUT2D eigenvalue weighted by atomic mass is 10.1. The number of hydrogen-bond donors (Lipinski definition) is 1. The zero-order chi connectivity index (χ0) is 23.8. The van der Waals surface area contributed by atoms with E-state index in [1.807, 2.05) is 0 Å². The van der Waals surface area contributed by atoms with Gasteiger partial charge in [-0.2, -0.15) is 13.2 Å². The molecular formula is C21H22F3N3O4S. The van der Waals surface area contributed by atoms with Crippen LogP contribution in [0.3, 0.4) is 0 Å². The summed E-state index contributed by atoms with van der Waals surface area (Å²) in [5.41, 5.74) is 0.0625. The zero-order valence-corrected chi connectivity index (χ0v) is 18.4. The van der Waals surface area contributed by atoms with Crippen LogP contribution < -0.4 is 9.62 Å². The van der Waals surface area contributed by atoms with Gasteiger partial charge in [0.05, 0.1) is 29.7 Å². The maximum absolute atomic E-state index is 13.1. The fourth-order valence-electron chi connectivity index (χ4n) is 3.78. The van der Waals surface area contributed by atoms with E-state index in [4.69, 9.17) is 0 Å². The van der Waals surface area contributed by atoms with E-state index >= 15 is 0 Å². The molecule has 2 amide bonds. The zero-order valence-electron chi connectivity index (χ0n) is 17.6. The molecule has 172 valence electrons. The van der Waals surface area contributed by atoms with Crippen molar-refractivity contribution in [3.63, 3.8) is 0 Å². The van der Waals surface area contributed by atoms with E-state index in [9.17, 15) is 31.2 Å². The SMILES string of the molecule is C[C@H]1Cc2cc(C(=O)N(C)CC(=O)Nc3ccccc3C(F)(F)F)ccc2N1S(C)(=O)=O. The molecule has 0 spiro atoms. The highest BCUT2D eigenvalue weighted by Gasteiger charge is 2.34. The summed E-state index contributed by atoms with van der Waals surface area (Å²) in [5, 5.41) is 2.20. The summed E-state index contributed by atoms with van der Waals surface area (Å²) < 4.78 is 64.6. The van der Waals surface area contributed by atoms with E-state index in [0.29, 0.717) is 17.7 Å². The Bertz CT molecular complexity index is 1170. The number of nitrogens with zero attached hydrogens (tertiary/aromatic N) is 2. The molecule has 1 N–H and O–H groups in total. The van der Waals surface area contributed by atoms with Gasteiger partial charge >= 0.3 is 6.18 Å². The first-order valence-electron chi connectivity index (χ1n) is 9.63. The molecule has 0 unspecified atom stereocenters. The summed E-state index contributed by atoms with van der Waals surface area (Å²) in [6.07, 6.45) is -3.09. The Balaban J connectivity index is 1.72. The van der Waals surface area contributed by atoms with Crippen LogP contribution in [0.15, 0.2) is 42.5 Å². The monoisotopic (exact) mass is 469 g/mol. The Kier molecular flexibility index (Phi) is 6.23. The van der Waals surface area contributed by atoms with Crippen LogP contribution in [0.2, 0.25) is 0 Å². The van der Waals surface area contributed by atoms with Crippen LogP contribution in [-0.2, 0) is 27.4 Å². The van der Waals surface area contributed by atoms with Gasteiger partial charge in [-0.05, 0) is 49.2 Å². The fraction of sp³-hybridized carbons (Fsp3) is 0.333. The van der Waals surface area contributed by atoms with Gasteiger partial charge in [0.25, 0.3) is 5.91 Å². The summed E-state index contributed by atoms with van der Waals surface area (Å²) >= 11 is 0. The minimum atomic E-state index is -4.63. The molecule has 7 nitrogen and oxygen atoms in total. The number of halogens is 3. The molecule has 1 atom stereocenters. The smallest absolute Gasteiger partial charge is 0.332 e. The predicted octanol–water partition coefficient (Wildman–Crippen LogP) is 3.13. The first-order chi connectivity index (χ1) is 14.8. The van der Waals surface area contributed by atoms with Crippen LogP contribution in [-0.4, -0.2) is 51.0 Å². The van der Waals surface area contributed by atoms with Gasteiger partial charge in [0.15, 0.2) is 0 Å². The molecule has 2 aromatic rings. The quantitative estimate of drug-likeness (QED) is 0.729. The van der Waals surface area contributed by atoms with Crippen molar-refractivity contribution >= 4 is 33.2 Å². The number of fused-ring (bicyclic) bond motifs is 1. The topological polar surface area (TPSA) is 86.8 Å². The minimum Gasteiger partial charge on any atom is -0.332 e. The summed E-state index contributed by atoms with van der Waals surface area (Å²) in [7, 11) is -2.11. The van der Waals surface area contributed by atoms with E-state index in [1.165, 1.54) is 29.6 Å². The summed E-state index contributed by atoms with van der Waals surface area (Å²) in [5.74, 6) is -1.30. The number of hydrogen-bond acceptors (Lipinski definition) is 4. The summed E-state index contributed by atoms with van der Waals surface area (Å²) in [6, 6.07) is 8.87. The van der Waals surface area contributed by atoms with E-state index in [-0.39, 0.29) is 11.6 Å². The molecule has 1 aliphatic heterocycles. The summed E-state index contributed by atoms with van der Waals surface area (Å²) in [6.45, 7) is 1.30. The third-order valence-corrected chi connectivity index (χ3v) is 6.34. The number of sulfonamides is 1. The number of alkyl halides is 3. The van der Waals surface area contributed by atoms with Crippen molar-refractivity contribution in [3.8, 4) is 0 Å². The Labute approximate surface area is 183 Å². The molecule has 0 radical (unpaired) electrons. The maximum atomic E-state index is 13.1. The molecule has 1 heterocycles. The second-order valence-corrected chi connectivity index (χ2v) is 9.57. The van der Waals surface area contributed by atoms with Gasteiger partial charge in [0.2, 0.25) is 15.9 Å². The van der Waals surface area contributed by atoms with Crippen molar-refractivity contribution in [2.75, 3.05) is 29.5 Å². The number of carbonyl (C=O) groups excluding carboxylic acids is 2. The fourth-order valence-corrected chi connectivity index (χ4v) is 5.04. The molecule has 0 bridgehead atoms. The molecule has 0 fully saturated rings. The number of rotatable bonds is 5. The van der Waals surface area contributed by atoms with E-state index in [2.05, 4.69) is 5.32 Å². The number of para-hydroxylation sites is 1. The molecule has 0 saturated heterocycles. The largest absolute Gasteiger partial charge is 0.418 e. The molecule has 1 aliphatic rings. The van der Waals surface area contributed by atoms with Gasteiger partial charge in [-0.1, -0.05) is 12.1 Å². The number of carbonyl (C=O) groups is 2. The van der Waals surface area contributed by atoms with Gasteiger partial charge in [0.1, 0.15) is 0 Å².